The molecule has 1 aliphatic heterocycles. The van der Waals surface area contributed by atoms with Crippen molar-refractivity contribution in [2.45, 2.75) is 18.9 Å². The second kappa shape index (κ2) is 6.34. The van der Waals surface area contributed by atoms with Crippen LogP contribution in [0, 0.1) is 0 Å². The van der Waals surface area contributed by atoms with E-state index < -0.39 is 0 Å². The molecule has 3 aromatic rings. The van der Waals surface area contributed by atoms with Gasteiger partial charge in [0.1, 0.15) is 11.2 Å². The van der Waals surface area contributed by atoms with Gasteiger partial charge in [-0.1, -0.05) is 11.6 Å². The number of halogens is 1. The molecular weight excluding hydrogens is 348 g/mol. The molecule has 0 saturated carbocycles. The summed E-state index contributed by atoms with van der Waals surface area (Å²) in [5.41, 5.74) is 0.690. The van der Waals surface area contributed by atoms with E-state index in [9.17, 15) is 9.59 Å². The van der Waals surface area contributed by atoms with Crippen LogP contribution in [0.1, 0.15) is 18.9 Å². The topological polar surface area (TPSA) is 118 Å². The number of fused-ring (bicyclic) bond motifs is 1. The van der Waals surface area contributed by atoms with Crippen molar-refractivity contribution in [2.75, 3.05) is 18.5 Å². The van der Waals surface area contributed by atoms with Crippen LogP contribution in [-0.4, -0.2) is 37.7 Å². The van der Waals surface area contributed by atoms with Crippen molar-refractivity contribution in [2.24, 2.45) is 0 Å². The number of anilines is 2. The molecule has 9 nitrogen and oxygen atoms in total. The summed E-state index contributed by atoms with van der Waals surface area (Å²) in [6, 6.07) is 1.50. The van der Waals surface area contributed by atoms with Crippen LogP contribution in [0.4, 0.5) is 11.6 Å². The molecule has 0 aromatic carbocycles. The second-order valence-corrected chi connectivity index (χ2v) is 6.20. The molecule has 1 fully saturated rings. The van der Waals surface area contributed by atoms with Crippen LogP contribution in [-0.2, 0) is 4.74 Å². The van der Waals surface area contributed by atoms with Gasteiger partial charge in [-0.2, -0.15) is 4.98 Å². The highest BCUT2D eigenvalue weighted by Crippen LogP contribution is 2.23. The molecule has 0 bridgehead atoms. The number of pyridine rings is 1. The van der Waals surface area contributed by atoms with Gasteiger partial charge in [0.15, 0.2) is 5.65 Å². The van der Waals surface area contributed by atoms with E-state index in [1.54, 1.807) is 4.57 Å². The molecule has 0 aliphatic carbocycles. The molecule has 3 N–H and O–H groups in total. The molecule has 130 valence electrons. The third-order valence-corrected chi connectivity index (χ3v) is 4.35. The highest BCUT2D eigenvalue weighted by Gasteiger charge is 2.21. The van der Waals surface area contributed by atoms with Crippen molar-refractivity contribution in [1.82, 2.24) is 24.5 Å². The lowest BCUT2D eigenvalue weighted by atomic mass is 10.1. The Labute approximate surface area is 146 Å². The molecule has 1 saturated heterocycles. The van der Waals surface area contributed by atoms with Crippen molar-refractivity contribution in [1.29, 1.82) is 0 Å². The van der Waals surface area contributed by atoms with Crippen molar-refractivity contribution in [3.63, 3.8) is 0 Å². The van der Waals surface area contributed by atoms with Gasteiger partial charge < -0.3 is 20.0 Å². The standard InChI is InChI=1S/C15H15ClN6O3/c16-8-5-10(13(23)17-6-8)19-14-18-7-11-12(21-14)22(15(24)20-11)9-1-3-25-4-2-9/h5-7,9H,1-4H2,(H,17,23)(H,20,24)(H,18,19,21). The van der Waals surface area contributed by atoms with Crippen LogP contribution >= 0.6 is 11.6 Å². The van der Waals surface area contributed by atoms with E-state index in [-0.39, 0.29) is 28.9 Å². The van der Waals surface area contributed by atoms with Gasteiger partial charge in [0.2, 0.25) is 5.95 Å². The Kier molecular flexibility index (Phi) is 4.02. The molecule has 25 heavy (non-hydrogen) atoms. The predicted molar refractivity (Wildman–Crippen MR) is 92.6 cm³/mol. The monoisotopic (exact) mass is 362 g/mol. The maximum Gasteiger partial charge on any atom is 0.327 e. The molecule has 0 spiro atoms. The summed E-state index contributed by atoms with van der Waals surface area (Å²) in [7, 11) is 0. The largest absolute Gasteiger partial charge is 0.381 e. The number of imidazole rings is 1. The van der Waals surface area contributed by atoms with Crippen LogP contribution in [0.25, 0.3) is 11.2 Å². The summed E-state index contributed by atoms with van der Waals surface area (Å²) in [5, 5.41) is 3.22. The predicted octanol–water partition coefficient (Wildman–Crippen LogP) is 1.56. The maximum absolute atomic E-state index is 12.3. The Morgan fingerprint density at radius 1 is 1.32 bits per heavy atom. The quantitative estimate of drug-likeness (QED) is 0.650. The molecule has 0 amide bonds. The molecule has 4 heterocycles. The molecule has 0 unspecified atom stereocenters. The highest BCUT2D eigenvalue weighted by molar-refractivity contribution is 6.30. The summed E-state index contributed by atoms with van der Waals surface area (Å²) in [5.74, 6) is 0.208. The van der Waals surface area contributed by atoms with E-state index in [2.05, 4.69) is 25.3 Å². The lowest BCUT2D eigenvalue weighted by molar-refractivity contribution is 0.0697. The van der Waals surface area contributed by atoms with Gasteiger partial charge >= 0.3 is 5.69 Å². The van der Waals surface area contributed by atoms with Gasteiger partial charge in [-0.3, -0.25) is 9.36 Å². The zero-order valence-electron chi connectivity index (χ0n) is 13.1. The molecule has 10 heteroatoms. The van der Waals surface area contributed by atoms with Crippen molar-refractivity contribution in [3.05, 3.63) is 44.3 Å². The highest BCUT2D eigenvalue weighted by atomic mass is 35.5. The SMILES string of the molecule is O=c1[nH]cc(Cl)cc1Nc1ncc2[nH]c(=O)n(C3CCOCC3)c2n1. The number of hydrogen-bond acceptors (Lipinski definition) is 6. The number of rotatable bonds is 3. The number of ether oxygens (including phenoxy) is 1. The van der Waals surface area contributed by atoms with Gasteiger partial charge in [-0.25, -0.2) is 9.78 Å². The first-order chi connectivity index (χ1) is 12.1. The van der Waals surface area contributed by atoms with E-state index in [0.717, 1.165) is 12.8 Å². The number of hydrogen-bond donors (Lipinski definition) is 3. The van der Waals surface area contributed by atoms with E-state index in [1.165, 1.54) is 18.5 Å². The first-order valence-corrected chi connectivity index (χ1v) is 8.20. The van der Waals surface area contributed by atoms with Crippen LogP contribution in [0.2, 0.25) is 5.02 Å². The van der Waals surface area contributed by atoms with E-state index in [1.807, 2.05) is 0 Å². The van der Waals surface area contributed by atoms with Crippen LogP contribution in [0.3, 0.4) is 0 Å². The van der Waals surface area contributed by atoms with Gasteiger partial charge in [-0.05, 0) is 18.9 Å². The van der Waals surface area contributed by atoms with Crippen molar-refractivity contribution in [3.8, 4) is 0 Å². The number of nitrogens with zero attached hydrogens (tertiary/aromatic N) is 3. The first kappa shape index (κ1) is 15.9. The van der Waals surface area contributed by atoms with E-state index in [4.69, 9.17) is 16.3 Å². The van der Waals surface area contributed by atoms with Gasteiger partial charge in [0.05, 0.1) is 11.2 Å². The first-order valence-electron chi connectivity index (χ1n) is 7.82. The minimum absolute atomic E-state index is 0.0207. The molecule has 0 radical (unpaired) electrons. The molecular formula is C15H15ClN6O3. The van der Waals surface area contributed by atoms with Crippen LogP contribution in [0.15, 0.2) is 28.0 Å². The summed E-state index contributed by atoms with van der Waals surface area (Å²) >= 11 is 5.89. The Morgan fingerprint density at radius 3 is 2.92 bits per heavy atom. The zero-order valence-corrected chi connectivity index (χ0v) is 13.8. The third kappa shape index (κ3) is 3.03. The van der Waals surface area contributed by atoms with Gasteiger partial charge in [0.25, 0.3) is 5.56 Å². The minimum atomic E-state index is -0.344. The van der Waals surface area contributed by atoms with Gasteiger partial charge in [-0.15, -0.1) is 0 Å². The Hall–Kier alpha value is -2.65. The second-order valence-electron chi connectivity index (χ2n) is 5.76. The minimum Gasteiger partial charge on any atom is -0.381 e. The Bertz CT molecular complexity index is 1030. The normalized spacial score (nSPS) is 15.6. The number of H-pyrrole nitrogens is 2. The molecule has 3 aromatic heterocycles. The van der Waals surface area contributed by atoms with Crippen LogP contribution < -0.4 is 16.6 Å². The lowest BCUT2D eigenvalue weighted by Crippen LogP contribution is -2.27. The average molecular weight is 363 g/mol. The zero-order chi connectivity index (χ0) is 17.4. The molecule has 4 rings (SSSR count). The van der Waals surface area contributed by atoms with Gasteiger partial charge in [0, 0.05) is 25.5 Å². The lowest BCUT2D eigenvalue weighted by Gasteiger charge is -2.22. The third-order valence-electron chi connectivity index (χ3n) is 4.13. The number of nitrogens with one attached hydrogen (secondary N) is 3. The fourth-order valence-electron chi connectivity index (χ4n) is 2.93. The summed E-state index contributed by atoms with van der Waals surface area (Å²) in [4.78, 5) is 38.0. The number of aromatic amines is 2. The Morgan fingerprint density at radius 2 is 2.12 bits per heavy atom. The molecule has 0 atom stereocenters. The number of aromatic nitrogens is 5. The fourth-order valence-corrected chi connectivity index (χ4v) is 3.09. The summed E-state index contributed by atoms with van der Waals surface area (Å²) in [6.07, 6.45) is 4.40. The van der Waals surface area contributed by atoms with Crippen LogP contribution in [0.5, 0.6) is 0 Å². The van der Waals surface area contributed by atoms with Crippen molar-refractivity contribution >= 4 is 34.4 Å². The summed E-state index contributed by atoms with van der Waals surface area (Å²) < 4.78 is 6.99. The maximum atomic E-state index is 12.3. The Balaban J connectivity index is 1.75. The van der Waals surface area contributed by atoms with E-state index in [0.29, 0.717) is 29.4 Å². The molecule has 1 aliphatic rings. The van der Waals surface area contributed by atoms with E-state index >= 15 is 0 Å². The average Bonchev–Trinajstić information content (AvgIpc) is 2.94. The smallest absolute Gasteiger partial charge is 0.327 e. The summed E-state index contributed by atoms with van der Waals surface area (Å²) in [6.45, 7) is 1.22. The van der Waals surface area contributed by atoms with Crippen molar-refractivity contribution < 1.29 is 4.74 Å². The fraction of sp³-hybridized carbons (Fsp3) is 0.333.